The summed E-state index contributed by atoms with van der Waals surface area (Å²) in [5.74, 6) is -0.774. The number of aliphatic carboxylic acids is 1. The van der Waals surface area contributed by atoms with Gasteiger partial charge < -0.3 is 9.84 Å². The van der Waals surface area contributed by atoms with E-state index in [9.17, 15) is 4.79 Å². The molecule has 2 fully saturated rings. The maximum atomic E-state index is 11.1. The normalized spacial score (nSPS) is 39.3. The molecule has 2 N–H and O–H groups in total. The summed E-state index contributed by atoms with van der Waals surface area (Å²) in [5, 5.41) is 12.3. The maximum Gasteiger partial charge on any atom is 0.326 e. The molecule has 1 heterocycles. The number of carboxylic acids is 1. The molecular formula is C9H15NO3. The third-order valence-corrected chi connectivity index (χ3v) is 2.72. The molecule has 1 saturated carbocycles. The number of carboxylic acid groups (broad SMARTS) is 1. The van der Waals surface area contributed by atoms with E-state index in [4.69, 9.17) is 9.84 Å². The van der Waals surface area contributed by atoms with Crippen molar-refractivity contribution in [3.05, 3.63) is 0 Å². The van der Waals surface area contributed by atoms with E-state index in [0.717, 1.165) is 12.8 Å². The second-order valence-electron chi connectivity index (χ2n) is 4.13. The second kappa shape index (κ2) is 2.96. The van der Waals surface area contributed by atoms with E-state index in [2.05, 4.69) is 5.32 Å². The fraction of sp³-hybridized carbons (Fsp3) is 0.889. The van der Waals surface area contributed by atoms with Gasteiger partial charge >= 0.3 is 5.97 Å². The van der Waals surface area contributed by atoms with E-state index in [-0.39, 0.29) is 6.10 Å². The van der Waals surface area contributed by atoms with Crippen molar-refractivity contribution in [2.75, 3.05) is 6.61 Å². The lowest BCUT2D eigenvalue weighted by Crippen LogP contribution is -2.53. The van der Waals surface area contributed by atoms with Crippen LogP contribution in [0, 0.1) is 0 Å². The minimum atomic E-state index is -0.805. The van der Waals surface area contributed by atoms with Gasteiger partial charge in [-0.1, -0.05) is 0 Å². The van der Waals surface area contributed by atoms with Gasteiger partial charge in [0.2, 0.25) is 0 Å². The van der Waals surface area contributed by atoms with Crippen LogP contribution in [0.4, 0.5) is 0 Å². The predicted octanol–water partition coefficient (Wildman–Crippen LogP) is 0.371. The minimum Gasteiger partial charge on any atom is -0.480 e. The van der Waals surface area contributed by atoms with Gasteiger partial charge in [0.25, 0.3) is 0 Å². The SMILES string of the molecule is CC1CC(NC2CC2)(C(=O)O)CO1. The van der Waals surface area contributed by atoms with Crippen molar-refractivity contribution in [3.63, 3.8) is 0 Å². The molecule has 0 aromatic carbocycles. The zero-order chi connectivity index (χ0) is 9.47. The van der Waals surface area contributed by atoms with E-state index in [0.29, 0.717) is 19.1 Å². The first-order valence-electron chi connectivity index (χ1n) is 4.75. The molecule has 2 atom stereocenters. The van der Waals surface area contributed by atoms with Gasteiger partial charge in [-0.15, -0.1) is 0 Å². The highest BCUT2D eigenvalue weighted by Crippen LogP contribution is 2.30. The summed E-state index contributed by atoms with van der Waals surface area (Å²) >= 11 is 0. The number of hydrogen-bond donors (Lipinski definition) is 2. The van der Waals surface area contributed by atoms with Gasteiger partial charge in [0, 0.05) is 12.5 Å². The number of nitrogens with one attached hydrogen (secondary N) is 1. The predicted molar refractivity (Wildman–Crippen MR) is 46.6 cm³/mol. The van der Waals surface area contributed by atoms with Crippen LogP contribution in [-0.2, 0) is 9.53 Å². The van der Waals surface area contributed by atoms with Gasteiger partial charge in [-0.25, -0.2) is 0 Å². The lowest BCUT2D eigenvalue weighted by Gasteiger charge is -2.23. The zero-order valence-corrected chi connectivity index (χ0v) is 7.75. The average Bonchev–Trinajstić information content (AvgIpc) is 2.76. The second-order valence-corrected chi connectivity index (χ2v) is 4.13. The molecule has 2 aliphatic rings. The Balaban J connectivity index is 2.05. The molecule has 74 valence electrons. The van der Waals surface area contributed by atoms with E-state index in [1.807, 2.05) is 6.92 Å². The quantitative estimate of drug-likeness (QED) is 0.667. The number of ether oxygens (including phenoxy) is 1. The van der Waals surface area contributed by atoms with Crippen molar-refractivity contribution in [2.45, 2.75) is 43.9 Å². The van der Waals surface area contributed by atoms with Crippen LogP contribution in [-0.4, -0.2) is 35.4 Å². The fourth-order valence-corrected chi connectivity index (χ4v) is 1.82. The van der Waals surface area contributed by atoms with Crippen LogP contribution in [0.25, 0.3) is 0 Å². The van der Waals surface area contributed by atoms with E-state index in [1.165, 1.54) is 0 Å². The van der Waals surface area contributed by atoms with Crippen molar-refractivity contribution in [1.29, 1.82) is 0 Å². The monoisotopic (exact) mass is 185 g/mol. The Morgan fingerprint density at radius 1 is 1.62 bits per heavy atom. The number of hydrogen-bond acceptors (Lipinski definition) is 3. The van der Waals surface area contributed by atoms with Gasteiger partial charge in [0.15, 0.2) is 0 Å². The summed E-state index contributed by atoms with van der Waals surface area (Å²) < 4.78 is 5.32. The van der Waals surface area contributed by atoms with E-state index < -0.39 is 11.5 Å². The molecule has 0 aromatic heterocycles. The molecule has 1 aliphatic carbocycles. The Morgan fingerprint density at radius 2 is 2.31 bits per heavy atom. The Labute approximate surface area is 77.3 Å². The molecule has 0 radical (unpaired) electrons. The molecule has 2 unspecified atom stereocenters. The zero-order valence-electron chi connectivity index (χ0n) is 7.75. The summed E-state index contributed by atoms with van der Waals surface area (Å²) in [7, 11) is 0. The number of rotatable bonds is 3. The molecule has 0 spiro atoms. The average molecular weight is 185 g/mol. The van der Waals surface area contributed by atoms with Crippen LogP contribution in [0.15, 0.2) is 0 Å². The lowest BCUT2D eigenvalue weighted by molar-refractivity contribution is -0.145. The van der Waals surface area contributed by atoms with Crippen molar-refractivity contribution in [1.82, 2.24) is 5.32 Å². The van der Waals surface area contributed by atoms with Gasteiger partial charge in [0.1, 0.15) is 5.54 Å². The Morgan fingerprint density at radius 3 is 2.69 bits per heavy atom. The highest BCUT2D eigenvalue weighted by molar-refractivity contribution is 5.79. The van der Waals surface area contributed by atoms with Gasteiger partial charge in [-0.3, -0.25) is 10.1 Å². The van der Waals surface area contributed by atoms with Crippen LogP contribution in [0.1, 0.15) is 26.2 Å². The molecule has 0 bridgehead atoms. The molecule has 4 nitrogen and oxygen atoms in total. The van der Waals surface area contributed by atoms with Crippen molar-refractivity contribution < 1.29 is 14.6 Å². The van der Waals surface area contributed by atoms with Crippen molar-refractivity contribution in [2.24, 2.45) is 0 Å². The highest BCUT2D eigenvalue weighted by atomic mass is 16.5. The molecule has 0 amide bonds. The Kier molecular flexibility index (Phi) is 2.04. The van der Waals surface area contributed by atoms with E-state index >= 15 is 0 Å². The van der Waals surface area contributed by atoms with E-state index in [1.54, 1.807) is 0 Å². The molecule has 0 aromatic rings. The number of carbonyl (C=O) groups is 1. The summed E-state index contributed by atoms with van der Waals surface area (Å²) in [5.41, 5.74) is -0.805. The topological polar surface area (TPSA) is 58.6 Å². The van der Waals surface area contributed by atoms with Gasteiger partial charge in [0.05, 0.1) is 12.7 Å². The largest absolute Gasteiger partial charge is 0.480 e. The smallest absolute Gasteiger partial charge is 0.326 e. The molecular weight excluding hydrogens is 170 g/mol. The van der Waals surface area contributed by atoms with Gasteiger partial charge in [-0.05, 0) is 19.8 Å². The standard InChI is InChI=1S/C9H15NO3/c1-6-4-9(5-13-6,8(11)12)10-7-2-3-7/h6-7,10H,2-5H2,1H3,(H,11,12). The van der Waals surface area contributed by atoms with Crippen LogP contribution in [0.2, 0.25) is 0 Å². The molecule has 2 rings (SSSR count). The van der Waals surface area contributed by atoms with Crippen LogP contribution < -0.4 is 5.32 Å². The van der Waals surface area contributed by atoms with Crippen molar-refractivity contribution in [3.8, 4) is 0 Å². The summed E-state index contributed by atoms with van der Waals surface area (Å²) in [6, 6.07) is 0.407. The highest BCUT2D eigenvalue weighted by Gasteiger charge is 2.48. The summed E-state index contributed by atoms with van der Waals surface area (Å²) in [6.07, 6.45) is 2.84. The third-order valence-electron chi connectivity index (χ3n) is 2.72. The van der Waals surface area contributed by atoms with Crippen molar-refractivity contribution >= 4 is 5.97 Å². The first-order chi connectivity index (χ1) is 6.12. The first kappa shape index (κ1) is 8.97. The molecule has 4 heteroatoms. The maximum absolute atomic E-state index is 11.1. The molecule has 1 aliphatic heterocycles. The molecule has 13 heavy (non-hydrogen) atoms. The van der Waals surface area contributed by atoms with Gasteiger partial charge in [-0.2, -0.15) is 0 Å². The minimum absolute atomic E-state index is 0.0577. The third kappa shape index (κ3) is 1.69. The summed E-state index contributed by atoms with van der Waals surface area (Å²) in [4.78, 5) is 11.1. The Bertz CT molecular complexity index is 227. The first-order valence-corrected chi connectivity index (χ1v) is 4.75. The Hall–Kier alpha value is -0.610. The lowest BCUT2D eigenvalue weighted by atomic mass is 9.96. The van der Waals surface area contributed by atoms with Crippen LogP contribution in [0.5, 0.6) is 0 Å². The van der Waals surface area contributed by atoms with Crippen LogP contribution in [0.3, 0.4) is 0 Å². The van der Waals surface area contributed by atoms with Crippen LogP contribution >= 0.6 is 0 Å². The summed E-state index contributed by atoms with van der Waals surface area (Å²) in [6.45, 7) is 2.22. The fourth-order valence-electron chi connectivity index (χ4n) is 1.82. The molecule has 1 saturated heterocycles.